The van der Waals surface area contributed by atoms with E-state index in [1.165, 1.54) is 12.8 Å². The predicted octanol–water partition coefficient (Wildman–Crippen LogP) is 1.94. The molecule has 3 nitrogen and oxygen atoms in total. The van der Waals surface area contributed by atoms with E-state index in [9.17, 15) is 9.90 Å². The summed E-state index contributed by atoms with van der Waals surface area (Å²) in [5.41, 5.74) is 0. The number of thioether (sulfide) groups is 1. The maximum Gasteiger partial charge on any atom is 0.230 e. The fourth-order valence-corrected chi connectivity index (χ4v) is 2.85. The summed E-state index contributed by atoms with van der Waals surface area (Å²) in [6.07, 6.45) is 5.96. The van der Waals surface area contributed by atoms with Gasteiger partial charge in [0.25, 0.3) is 0 Å². The Hall–Kier alpha value is -0.220. The first-order chi connectivity index (χ1) is 7.74. The lowest BCUT2D eigenvalue weighted by Gasteiger charge is -2.28. The van der Waals surface area contributed by atoms with E-state index in [1.54, 1.807) is 11.8 Å². The summed E-state index contributed by atoms with van der Waals surface area (Å²) < 4.78 is 0. The lowest BCUT2D eigenvalue weighted by atomic mass is 9.93. The molecule has 2 N–H and O–H groups in total. The van der Waals surface area contributed by atoms with Crippen LogP contribution >= 0.6 is 11.8 Å². The molecule has 0 aliphatic heterocycles. The molecule has 0 aromatic rings. The van der Waals surface area contributed by atoms with Crippen LogP contribution in [-0.4, -0.2) is 34.7 Å². The molecule has 1 aliphatic rings. The molecule has 0 saturated heterocycles. The lowest BCUT2D eigenvalue weighted by molar-refractivity contribution is -0.120. The number of unbranched alkanes of at least 4 members (excludes halogenated alkanes) is 1. The van der Waals surface area contributed by atoms with Crippen molar-refractivity contribution in [3.63, 3.8) is 0 Å². The number of aliphatic hydroxyl groups is 1. The Bertz CT molecular complexity index is 211. The number of hydrogen-bond donors (Lipinski definition) is 2. The van der Waals surface area contributed by atoms with Gasteiger partial charge in [0.1, 0.15) is 0 Å². The zero-order chi connectivity index (χ0) is 11.8. The molecule has 0 heterocycles. The maximum atomic E-state index is 11.6. The van der Waals surface area contributed by atoms with E-state index in [2.05, 4.69) is 12.2 Å². The molecule has 16 heavy (non-hydrogen) atoms. The van der Waals surface area contributed by atoms with E-state index in [0.717, 1.165) is 31.4 Å². The summed E-state index contributed by atoms with van der Waals surface area (Å²) in [7, 11) is 0. The highest BCUT2D eigenvalue weighted by atomic mass is 32.2. The number of carbonyl (C=O) groups excluding carboxylic acids is 1. The van der Waals surface area contributed by atoms with Crippen molar-refractivity contribution in [3.8, 4) is 0 Å². The summed E-state index contributed by atoms with van der Waals surface area (Å²) in [5.74, 6) is 1.66. The highest BCUT2D eigenvalue weighted by molar-refractivity contribution is 7.99. The number of nitrogens with one attached hydrogen (secondary N) is 1. The third-order valence-electron chi connectivity index (χ3n) is 2.95. The third-order valence-corrected chi connectivity index (χ3v) is 3.99. The molecule has 0 bridgehead atoms. The summed E-state index contributed by atoms with van der Waals surface area (Å²) >= 11 is 1.68. The first-order valence-electron chi connectivity index (χ1n) is 6.29. The number of amides is 1. The second-order valence-corrected chi connectivity index (χ2v) is 5.54. The molecule has 1 amide bonds. The second kappa shape index (κ2) is 7.96. The molecule has 2 atom stereocenters. The minimum absolute atomic E-state index is 0.00646. The van der Waals surface area contributed by atoms with Gasteiger partial charge in [-0.1, -0.05) is 26.2 Å². The highest BCUT2D eigenvalue weighted by Crippen LogP contribution is 2.18. The van der Waals surface area contributed by atoms with Crippen molar-refractivity contribution in [1.29, 1.82) is 0 Å². The lowest BCUT2D eigenvalue weighted by Crippen LogP contribution is -2.45. The molecule has 0 aromatic heterocycles. The van der Waals surface area contributed by atoms with Crippen LogP contribution in [0.3, 0.4) is 0 Å². The molecule has 1 rings (SSSR count). The van der Waals surface area contributed by atoms with Gasteiger partial charge in [-0.15, -0.1) is 0 Å². The number of aliphatic hydroxyl groups excluding tert-OH is 1. The van der Waals surface area contributed by atoms with Gasteiger partial charge in [0.05, 0.1) is 17.9 Å². The van der Waals surface area contributed by atoms with Crippen molar-refractivity contribution in [3.05, 3.63) is 0 Å². The largest absolute Gasteiger partial charge is 0.391 e. The SMILES string of the molecule is CCCCSCC(=O)NC1CCCCC1O. The quantitative estimate of drug-likeness (QED) is 0.703. The first-order valence-corrected chi connectivity index (χ1v) is 7.44. The monoisotopic (exact) mass is 245 g/mol. The van der Waals surface area contributed by atoms with Crippen LogP contribution in [0, 0.1) is 0 Å². The van der Waals surface area contributed by atoms with Gasteiger partial charge in [0.2, 0.25) is 5.91 Å². The molecule has 1 saturated carbocycles. The number of rotatable bonds is 6. The van der Waals surface area contributed by atoms with Crippen LogP contribution < -0.4 is 5.32 Å². The smallest absolute Gasteiger partial charge is 0.230 e. The van der Waals surface area contributed by atoms with Gasteiger partial charge in [-0.05, 0) is 25.0 Å². The molecule has 1 aliphatic carbocycles. The first kappa shape index (κ1) is 13.8. The zero-order valence-corrected chi connectivity index (χ0v) is 10.9. The Morgan fingerprint density at radius 1 is 1.44 bits per heavy atom. The Kier molecular flexibility index (Phi) is 6.88. The summed E-state index contributed by atoms with van der Waals surface area (Å²) in [6.45, 7) is 2.15. The van der Waals surface area contributed by atoms with Gasteiger partial charge >= 0.3 is 0 Å². The molecule has 0 spiro atoms. The van der Waals surface area contributed by atoms with Gasteiger partial charge in [0, 0.05) is 0 Å². The van der Waals surface area contributed by atoms with Crippen LogP contribution in [0.2, 0.25) is 0 Å². The van der Waals surface area contributed by atoms with Gasteiger partial charge < -0.3 is 10.4 Å². The van der Waals surface area contributed by atoms with Crippen molar-refractivity contribution < 1.29 is 9.90 Å². The van der Waals surface area contributed by atoms with Crippen LogP contribution in [-0.2, 0) is 4.79 Å². The predicted molar refractivity (Wildman–Crippen MR) is 68.6 cm³/mol. The van der Waals surface area contributed by atoms with Crippen molar-refractivity contribution >= 4 is 17.7 Å². The van der Waals surface area contributed by atoms with Crippen LogP contribution in [0.1, 0.15) is 45.4 Å². The van der Waals surface area contributed by atoms with Crippen molar-refractivity contribution in [2.24, 2.45) is 0 Å². The van der Waals surface area contributed by atoms with E-state index in [-0.39, 0.29) is 18.1 Å². The molecule has 1 fully saturated rings. The Morgan fingerprint density at radius 3 is 2.88 bits per heavy atom. The van der Waals surface area contributed by atoms with E-state index in [4.69, 9.17) is 0 Å². The number of hydrogen-bond acceptors (Lipinski definition) is 3. The van der Waals surface area contributed by atoms with Crippen molar-refractivity contribution in [2.75, 3.05) is 11.5 Å². The van der Waals surface area contributed by atoms with Crippen LogP contribution in [0.5, 0.6) is 0 Å². The van der Waals surface area contributed by atoms with Crippen molar-refractivity contribution in [2.45, 2.75) is 57.6 Å². The summed E-state index contributed by atoms with van der Waals surface area (Å²) in [6, 6.07) is -0.00646. The van der Waals surface area contributed by atoms with Crippen LogP contribution in [0.4, 0.5) is 0 Å². The highest BCUT2D eigenvalue weighted by Gasteiger charge is 2.24. The average molecular weight is 245 g/mol. The van der Waals surface area contributed by atoms with E-state index in [1.807, 2.05) is 0 Å². The van der Waals surface area contributed by atoms with Gasteiger partial charge in [0.15, 0.2) is 0 Å². The molecule has 94 valence electrons. The molecule has 0 aromatic carbocycles. The standard InChI is InChI=1S/C12H23NO2S/c1-2-3-8-16-9-12(15)13-10-6-4-5-7-11(10)14/h10-11,14H,2-9H2,1H3,(H,13,15). The van der Waals surface area contributed by atoms with Crippen LogP contribution in [0.15, 0.2) is 0 Å². The molecular formula is C12H23NO2S. The minimum atomic E-state index is -0.335. The van der Waals surface area contributed by atoms with Gasteiger partial charge in [-0.2, -0.15) is 11.8 Å². The van der Waals surface area contributed by atoms with E-state index in [0.29, 0.717) is 5.75 Å². The van der Waals surface area contributed by atoms with E-state index < -0.39 is 0 Å². The Balaban J connectivity index is 2.12. The average Bonchev–Trinajstić information content (AvgIpc) is 2.28. The van der Waals surface area contributed by atoms with E-state index >= 15 is 0 Å². The fraction of sp³-hybridized carbons (Fsp3) is 0.917. The topological polar surface area (TPSA) is 49.3 Å². The zero-order valence-electron chi connectivity index (χ0n) is 10.1. The second-order valence-electron chi connectivity index (χ2n) is 4.43. The normalized spacial score (nSPS) is 25.4. The van der Waals surface area contributed by atoms with Crippen LogP contribution in [0.25, 0.3) is 0 Å². The summed E-state index contributed by atoms with van der Waals surface area (Å²) in [4.78, 5) is 11.6. The third kappa shape index (κ3) is 5.21. The fourth-order valence-electron chi connectivity index (χ4n) is 1.94. The molecule has 4 heteroatoms. The minimum Gasteiger partial charge on any atom is -0.391 e. The number of carbonyl (C=O) groups is 1. The van der Waals surface area contributed by atoms with Gasteiger partial charge in [-0.3, -0.25) is 4.79 Å². The maximum absolute atomic E-state index is 11.6. The molecular weight excluding hydrogens is 222 g/mol. The molecule has 0 radical (unpaired) electrons. The van der Waals surface area contributed by atoms with Gasteiger partial charge in [-0.25, -0.2) is 0 Å². The van der Waals surface area contributed by atoms with Crippen molar-refractivity contribution in [1.82, 2.24) is 5.32 Å². The summed E-state index contributed by atoms with van der Waals surface area (Å²) in [5, 5.41) is 12.6. The Labute approximate surface area is 102 Å². The Morgan fingerprint density at radius 2 is 2.19 bits per heavy atom. The molecule has 2 unspecified atom stereocenters.